The molecule has 0 amide bonds. The average Bonchev–Trinajstić information content (AvgIpc) is 2.85. The van der Waals surface area contributed by atoms with E-state index in [0.717, 1.165) is 17.6 Å². The molecule has 1 fully saturated rings. The van der Waals surface area contributed by atoms with Crippen LogP contribution in [0.2, 0.25) is 0 Å². The van der Waals surface area contributed by atoms with Gasteiger partial charge in [0.15, 0.2) is 0 Å². The van der Waals surface area contributed by atoms with Crippen LogP contribution in [0.25, 0.3) is 0 Å². The van der Waals surface area contributed by atoms with Crippen molar-refractivity contribution in [1.29, 1.82) is 0 Å². The smallest absolute Gasteiger partial charge is 0.0508 e. The van der Waals surface area contributed by atoms with Crippen LogP contribution in [-0.4, -0.2) is 37.6 Å². The van der Waals surface area contributed by atoms with Crippen molar-refractivity contribution in [2.24, 2.45) is 5.73 Å². The summed E-state index contributed by atoms with van der Waals surface area (Å²) in [7, 11) is 2.18. The third kappa shape index (κ3) is 3.54. The molecule has 2 unspecified atom stereocenters. The van der Waals surface area contributed by atoms with Crippen molar-refractivity contribution in [1.82, 2.24) is 4.90 Å². The van der Waals surface area contributed by atoms with E-state index < -0.39 is 0 Å². The van der Waals surface area contributed by atoms with Crippen LogP contribution in [-0.2, 0) is 0 Å². The molecular weight excluding hydrogens is 314 g/mol. The fourth-order valence-corrected chi connectivity index (χ4v) is 3.75. The number of likely N-dealkylation sites (N-methyl/N-ethyl adjacent to an activating group) is 2. The Morgan fingerprint density at radius 1 is 1.50 bits per heavy atom. The lowest BCUT2D eigenvalue weighted by atomic mass is 10.1. The van der Waals surface area contributed by atoms with Crippen LogP contribution in [0, 0.1) is 0 Å². The molecule has 0 bridgehead atoms. The summed E-state index contributed by atoms with van der Waals surface area (Å²) >= 11 is 3.69. The number of benzene rings is 1. The minimum Gasteiger partial charge on any atom is -0.372 e. The van der Waals surface area contributed by atoms with E-state index in [4.69, 9.17) is 5.73 Å². The summed E-state index contributed by atoms with van der Waals surface area (Å²) < 4.78 is 1.14. The first kappa shape index (κ1) is 15.8. The van der Waals surface area contributed by atoms with Gasteiger partial charge in [0, 0.05) is 30.1 Å². The quantitative estimate of drug-likeness (QED) is 0.892. The SMILES string of the molecule is CCN1CCCC1CN(C)c1ccc(C(C)N)cc1Br. The molecule has 2 N–H and O–H groups in total. The lowest BCUT2D eigenvalue weighted by molar-refractivity contribution is 0.270. The van der Waals surface area contributed by atoms with E-state index in [2.05, 4.69) is 57.9 Å². The Morgan fingerprint density at radius 2 is 2.25 bits per heavy atom. The Bertz CT molecular complexity index is 447. The maximum Gasteiger partial charge on any atom is 0.0508 e. The molecule has 0 radical (unpaired) electrons. The van der Waals surface area contributed by atoms with E-state index in [-0.39, 0.29) is 6.04 Å². The Hall–Kier alpha value is -0.580. The maximum absolute atomic E-state index is 5.94. The minimum absolute atomic E-state index is 0.0797. The summed E-state index contributed by atoms with van der Waals surface area (Å²) in [5.74, 6) is 0. The molecule has 1 aliphatic rings. The third-order valence-corrected chi connectivity index (χ3v) is 4.93. The van der Waals surface area contributed by atoms with Crippen LogP contribution >= 0.6 is 15.9 Å². The molecule has 20 heavy (non-hydrogen) atoms. The van der Waals surface area contributed by atoms with Crippen molar-refractivity contribution >= 4 is 21.6 Å². The maximum atomic E-state index is 5.94. The molecule has 1 aromatic rings. The van der Waals surface area contributed by atoms with Crippen molar-refractivity contribution in [2.45, 2.75) is 38.8 Å². The number of nitrogens with two attached hydrogens (primary N) is 1. The van der Waals surface area contributed by atoms with Gasteiger partial charge in [-0.2, -0.15) is 0 Å². The molecule has 1 aromatic carbocycles. The van der Waals surface area contributed by atoms with Gasteiger partial charge in [-0.1, -0.05) is 13.0 Å². The fraction of sp³-hybridized carbons (Fsp3) is 0.625. The Balaban J connectivity index is 2.07. The van der Waals surface area contributed by atoms with E-state index in [1.54, 1.807) is 0 Å². The second-order valence-corrected chi connectivity index (χ2v) is 6.66. The predicted molar refractivity (Wildman–Crippen MR) is 90.3 cm³/mol. The highest BCUT2D eigenvalue weighted by molar-refractivity contribution is 9.10. The zero-order valence-electron chi connectivity index (χ0n) is 12.8. The monoisotopic (exact) mass is 339 g/mol. The van der Waals surface area contributed by atoms with Gasteiger partial charge in [0.05, 0.1) is 5.69 Å². The first-order chi connectivity index (χ1) is 9.52. The zero-order chi connectivity index (χ0) is 14.7. The standard InChI is InChI=1S/C16H26BrN3/c1-4-20-9-5-6-14(20)11-19(3)16-8-7-13(12(2)18)10-15(16)17/h7-8,10,12,14H,4-6,9,11,18H2,1-3H3. The van der Waals surface area contributed by atoms with Crippen LogP contribution in [0.1, 0.15) is 38.3 Å². The van der Waals surface area contributed by atoms with Crippen LogP contribution in [0.4, 0.5) is 5.69 Å². The topological polar surface area (TPSA) is 32.5 Å². The Morgan fingerprint density at radius 3 is 2.85 bits per heavy atom. The summed E-state index contributed by atoms with van der Waals surface area (Å²) in [4.78, 5) is 4.94. The number of anilines is 1. The molecular formula is C16H26BrN3. The highest BCUT2D eigenvalue weighted by Crippen LogP contribution is 2.29. The number of halogens is 1. The first-order valence-electron chi connectivity index (χ1n) is 7.53. The van der Waals surface area contributed by atoms with E-state index in [1.807, 2.05) is 6.92 Å². The van der Waals surface area contributed by atoms with Gasteiger partial charge >= 0.3 is 0 Å². The average molecular weight is 340 g/mol. The van der Waals surface area contributed by atoms with Crippen LogP contribution in [0.3, 0.4) is 0 Å². The molecule has 1 aliphatic heterocycles. The van der Waals surface area contributed by atoms with Gasteiger partial charge in [0.1, 0.15) is 0 Å². The first-order valence-corrected chi connectivity index (χ1v) is 8.32. The fourth-order valence-electron chi connectivity index (χ4n) is 3.05. The molecule has 1 heterocycles. The van der Waals surface area contributed by atoms with Gasteiger partial charge in [0.2, 0.25) is 0 Å². The normalized spacial score (nSPS) is 21.1. The molecule has 4 heteroatoms. The number of nitrogens with zero attached hydrogens (tertiary/aromatic N) is 2. The Labute approximate surface area is 131 Å². The molecule has 3 nitrogen and oxygen atoms in total. The molecule has 112 valence electrons. The van der Waals surface area contributed by atoms with Crippen molar-refractivity contribution < 1.29 is 0 Å². The van der Waals surface area contributed by atoms with Crippen LogP contribution in [0.5, 0.6) is 0 Å². The van der Waals surface area contributed by atoms with Crippen LogP contribution in [0.15, 0.2) is 22.7 Å². The molecule has 0 aromatic heterocycles. The van der Waals surface area contributed by atoms with Crippen LogP contribution < -0.4 is 10.6 Å². The molecule has 0 saturated carbocycles. The van der Waals surface area contributed by atoms with Gasteiger partial charge in [-0.25, -0.2) is 0 Å². The third-order valence-electron chi connectivity index (χ3n) is 4.30. The van der Waals surface area contributed by atoms with Gasteiger partial charge in [-0.05, 0) is 66.5 Å². The number of likely N-dealkylation sites (tertiary alicyclic amines) is 1. The molecule has 2 rings (SSSR count). The highest BCUT2D eigenvalue weighted by Gasteiger charge is 2.24. The van der Waals surface area contributed by atoms with Gasteiger partial charge in [-0.3, -0.25) is 4.90 Å². The zero-order valence-corrected chi connectivity index (χ0v) is 14.4. The van der Waals surface area contributed by atoms with Gasteiger partial charge in [0.25, 0.3) is 0 Å². The van der Waals surface area contributed by atoms with Crippen molar-refractivity contribution in [2.75, 3.05) is 31.6 Å². The Kier molecular flexibility index (Phi) is 5.47. The molecule has 2 atom stereocenters. The summed E-state index contributed by atoms with van der Waals surface area (Å²) in [6, 6.07) is 7.21. The number of hydrogen-bond donors (Lipinski definition) is 1. The van der Waals surface area contributed by atoms with E-state index >= 15 is 0 Å². The summed E-state index contributed by atoms with van der Waals surface area (Å²) in [6.07, 6.45) is 2.64. The summed E-state index contributed by atoms with van der Waals surface area (Å²) in [6.45, 7) is 7.77. The number of rotatable bonds is 5. The van der Waals surface area contributed by atoms with E-state index in [1.165, 1.54) is 30.6 Å². The van der Waals surface area contributed by atoms with Gasteiger partial charge in [-0.15, -0.1) is 0 Å². The largest absolute Gasteiger partial charge is 0.372 e. The van der Waals surface area contributed by atoms with E-state index in [9.17, 15) is 0 Å². The van der Waals surface area contributed by atoms with Crippen molar-refractivity contribution in [3.63, 3.8) is 0 Å². The summed E-state index contributed by atoms with van der Waals surface area (Å²) in [5, 5.41) is 0. The highest BCUT2D eigenvalue weighted by atomic mass is 79.9. The predicted octanol–water partition coefficient (Wildman–Crippen LogP) is 3.39. The number of hydrogen-bond acceptors (Lipinski definition) is 3. The molecule has 0 aliphatic carbocycles. The second kappa shape index (κ2) is 6.92. The summed E-state index contributed by atoms with van der Waals surface area (Å²) in [5.41, 5.74) is 8.35. The lowest BCUT2D eigenvalue weighted by Crippen LogP contribution is -2.38. The second-order valence-electron chi connectivity index (χ2n) is 5.80. The van der Waals surface area contributed by atoms with Crippen molar-refractivity contribution in [3.05, 3.63) is 28.2 Å². The minimum atomic E-state index is 0.0797. The molecule has 0 spiro atoms. The van der Waals surface area contributed by atoms with Crippen molar-refractivity contribution in [3.8, 4) is 0 Å². The van der Waals surface area contributed by atoms with E-state index in [0.29, 0.717) is 6.04 Å². The van der Waals surface area contributed by atoms with Gasteiger partial charge < -0.3 is 10.6 Å². The lowest BCUT2D eigenvalue weighted by Gasteiger charge is -2.29. The molecule has 1 saturated heterocycles.